The summed E-state index contributed by atoms with van der Waals surface area (Å²) in [5.41, 5.74) is 1.26. The van der Waals surface area contributed by atoms with Crippen molar-refractivity contribution in [3.05, 3.63) is 89.9 Å². The highest BCUT2D eigenvalue weighted by molar-refractivity contribution is 6.03. The minimum Gasteiger partial charge on any atom is -0.459 e. The molecule has 1 atom stereocenters. The van der Waals surface area contributed by atoms with Gasteiger partial charge in [-0.1, -0.05) is 30.3 Å². The second-order valence-electron chi connectivity index (χ2n) is 5.79. The molecular weight excluding hydrogens is 346 g/mol. The van der Waals surface area contributed by atoms with Crippen molar-refractivity contribution in [1.29, 1.82) is 0 Å². The van der Waals surface area contributed by atoms with Crippen molar-refractivity contribution < 1.29 is 23.5 Å². The van der Waals surface area contributed by atoms with Crippen LogP contribution in [0.15, 0.2) is 77.4 Å². The molecule has 3 aromatic rings. The zero-order valence-corrected chi connectivity index (χ0v) is 14.5. The van der Waals surface area contributed by atoms with E-state index in [1.807, 2.05) is 0 Å². The lowest BCUT2D eigenvalue weighted by Gasteiger charge is -2.12. The van der Waals surface area contributed by atoms with Gasteiger partial charge in [0.25, 0.3) is 5.91 Å². The number of hydrogen-bond donors (Lipinski definition) is 1. The summed E-state index contributed by atoms with van der Waals surface area (Å²) >= 11 is 0. The number of esters is 1. The first-order chi connectivity index (χ1) is 13.0. The monoisotopic (exact) mass is 363 g/mol. The molecule has 0 aliphatic rings. The van der Waals surface area contributed by atoms with Crippen LogP contribution < -0.4 is 5.32 Å². The number of ketones is 1. The van der Waals surface area contributed by atoms with Gasteiger partial charge in [0, 0.05) is 11.3 Å². The van der Waals surface area contributed by atoms with E-state index in [0.29, 0.717) is 11.3 Å². The van der Waals surface area contributed by atoms with Crippen molar-refractivity contribution in [2.24, 2.45) is 0 Å². The fourth-order valence-electron chi connectivity index (χ4n) is 2.41. The Hall–Kier alpha value is -3.67. The maximum absolute atomic E-state index is 12.3. The van der Waals surface area contributed by atoms with Crippen LogP contribution in [0.5, 0.6) is 0 Å². The zero-order valence-electron chi connectivity index (χ0n) is 14.5. The second-order valence-corrected chi connectivity index (χ2v) is 5.79. The molecule has 1 aromatic heterocycles. The third kappa shape index (κ3) is 4.49. The highest BCUT2D eigenvalue weighted by Gasteiger charge is 2.20. The summed E-state index contributed by atoms with van der Waals surface area (Å²) in [5, 5.41) is 2.65. The molecule has 0 saturated carbocycles. The van der Waals surface area contributed by atoms with Gasteiger partial charge >= 0.3 is 5.97 Å². The van der Waals surface area contributed by atoms with Crippen LogP contribution in [0.2, 0.25) is 0 Å². The predicted octanol–water partition coefficient (Wildman–Crippen LogP) is 3.96. The third-order valence-corrected chi connectivity index (χ3v) is 3.83. The fourth-order valence-corrected chi connectivity index (χ4v) is 2.41. The lowest BCUT2D eigenvalue weighted by molar-refractivity contribution is 0.0319. The maximum Gasteiger partial charge on any atom is 0.338 e. The normalized spacial score (nSPS) is 11.4. The van der Waals surface area contributed by atoms with Gasteiger partial charge in [0.1, 0.15) is 0 Å². The van der Waals surface area contributed by atoms with Crippen molar-refractivity contribution in [2.45, 2.75) is 13.0 Å². The number of anilines is 1. The maximum atomic E-state index is 12.3. The molecular formula is C21H17NO5. The number of carbonyl (C=O) groups is 3. The van der Waals surface area contributed by atoms with Crippen LogP contribution in [-0.4, -0.2) is 23.8 Å². The van der Waals surface area contributed by atoms with Gasteiger partial charge in [-0.25, -0.2) is 4.79 Å². The van der Waals surface area contributed by atoms with E-state index in [9.17, 15) is 14.4 Å². The summed E-state index contributed by atoms with van der Waals surface area (Å²) < 4.78 is 10.3. The van der Waals surface area contributed by atoms with Crippen molar-refractivity contribution in [3.8, 4) is 0 Å². The molecule has 3 rings (SSSR count). The summed E-state index contributed by atoms with van der Waals surface area (Å²) in [5.74, 6) is -1.09. The van der Waals surface area contributed by atoms with E-state index >= 15 is 0 Å². The fraction of sp³-hybridized carbons (Fsp3) is 0.0952. The topological polar surface area (TPSA) is 85.6 Å². The van der Waals surface area contributed by atoms with Crippen LogP contribution in [0.4, 0.5) is 5.69 Å². The zero-order chi connectivity index (χ0) is 19.2. The molecule has 2 aromatic carbocycles. The minimum atomic E-state index is -0.904. The lowest BCUT2D eigenvalue weighted by atomic mass is 10.1. The highest BCUT2D eigenvalue weighted by atomic mass is 16.5. The number of ether oxygens (including phenoxy) is 1. The van der Waals surface area contributed by atoms with Crippen LogP contribution in [0.3, 0.4) is 0 Å². The summed E-state index contributed by atoms with van der Waals surface area (Å²) in [6.07, 6.45) is 0.504. The Bertz CT molecular complexity index is 930. The van der Waals surface area contributed by atoms with Gasteiger partial charge in [0.05, 0.1) is 11.8 Å². The number of nitrogens with one attached hydrogen (secondary N) is 1. The molecule has 0 saturated heterocycles. The summed E-state index contributed by atoms with van der Waals surface area (Å²) in [6.45, 7) is 1.53. The Balaban J connectivity index is 1.60. The lowest BCUT2D eigenvalue weighted by Crippen LogP contribution is -2.24. The Kier molecular flexibility index (Phi) is 5.47. The molecule has 1 unspecified atom stereocenters. The molecule has 6 nitrogen and oxygen atoms in total. The minimum absolute atomic E-state index is 0.187. The molecule has 0 spiro atoms. The van der Waals surface area contributed by atoms with Crippen molar-refractivity contribution in [2.75, 3.05) is 5.32 Å². The molecule has 0 aliphatic heterocycles. The van der Waals surface area contributed by atoms with Gasteiger partial charge in [-0.05, 0) is 43.3 Å². The quantitative estimate of drug-likeness (QED) is 0.529. The number of amides is 1. The Morgan fingerprint density at radius 2 is 1.59 bits per heavy atom. The third-order valence-electron chi connectivity index (χ3n) is 3.83. The van der Waals surface area contributed by atoms with Crippen LogP contribution >= 0.6 is 0 Å². The van der Waals surface area contributed by atoms with E-state index in [0.717, 1.165) is 0 Å². The number of furan rings is 1. The van der Waals surface area contributed by atoms with E-state index in [1.165, 1.54) is 25.3 Å². The second kappa shape index (κ2) is 8.14. The smallest absolute Gasteiger partial charge is 0.338 e. The number of carbonyl (C=O) groups excluding carboxylic acids is 3. The number of hydrogen-bond acceptors (Lipinski definition) is 5. The average Bonchev–Trinajstić information content (AvgIpc) is 3.23. The summed E-state index contributed by atoms with van der Waals surface area (Å²) in [4.78, 5) is 36.4. The number of rotatable bonds is 6. The molecule has 6 heteroatoms. The molecule has 136 valence electrons. The first-order valence-electron chi connectivity index (χ1n) is 8.30. The van der Waals surface area contributed by atoms with Gasteiger partial charge in [-0.2, -0.15) is 0 Å². The SMILES string of the molecule is CC(OC(=O)c1ccc(NC(=O)c2ccco2)cc1)C(=O)c1ccccc1. The highest BCUT2D eigenvalue weighted by Crippen LogP contribution is 2.14. The Morgan fingerprint density at radius 3 is 2.22 bits per heavy atom. The predicted molar refractivity (Wildman–Crippen MR) is 98.8 cm³/mol. The Labute approximate surface area is 155 Å². The van der Waals surface area contributed by atoms with E-state index < -0.39 is 18.0 Å². The average molecular weight is 363 g/mol. The number of Topliss-reactive ketones (excluding diaryl/α,β-unsaturated/α-hetero) is 1. The van der Waals surface area contributed by atoms with E-state index in [-0.39, 0.29) is 17.1 Å². The summed E-state index contributed by atoms with van der Waals surface area (Å²) in [7, 11) is 0. The van der Waals surface area contributed by atoms with Crippen LogP contribution in [0.25, 0.3) is 0 Å². The van der Waals surface area contributed by atoms with Gasteiger partial charge in [0.15, 0.2) is 11.9 Å². The molecule has 1 amide bonds. The van der Waals surface area contributed by atoms with E-state index in [2.05, 4.69) is 5.32 Å². The van der Waals surface area contributed by atoms with Gasteiger partial charge < -0.3 is 14.5 Å². The molecule has 1 heterocycles. The first-order valence-corrected chi connectivity index (χ1v) is 8.30. The van der Waals surface area contributed by atoms with Crippen LogP contribution in [0.1, 0.15) is 38.2 Å². The van der Waals surface area contributed by atoms with Gasteiger partial charge in [-0.15, -0.1) is 0 Å². The molecule has 0 bridgehead atoms. The van der Waals surface area contributed by atoms with E-state index in [1.54, 1.807) is 54.6 Å². The van der Waals surface area contributed by atoms with E-state index in [4.69, 9.17) is 9.15 Å². The molecule has 1 N–H and O–H groups in total. The van der Waals surface area contributed by atoms with Crippen molar-refractivity contribution in [3.63, 3.8) is 0 Å². The van der Waals surface area contributed by atoms with Crippen molar-refractivity contribution in [1.82, 2.24) is 0 Å². The molecule has 0 fully saturated rings. The largest absolute Gasteiger partial charge is 0.459 e. The van der Waals surface area contributed by atoms with Crippen molar-refractivity contribution >= 4 is 23.3 Å². The molecule has 0 radical (unpaired) electrons. The summed E-state index contributed by atoms with van der Waals surface area (Å²) in [6, 6.07) is 18.0. The standard InChI is InChI=1S/C21H17NO5/c1-14(19(23)15-6-3-2-4-7-15)27-21(25)16-9-11-17(12-10-16)22-20(24)18-8-5-13-26-18/h2-14H,1H3,(H,22,24). The van der Waals surface area contributed by atoms with Gasteiger partial charge in [-0.3, -0.25) is 9.59 Å². The van der Waals surface area contributed by atoms with Gasteiger partial charge in [0.2, 0.25) is 5.78 Å². The Morgan fingerprint density at radius 1 is 0.889 bits per heavy atom. The first kappa shape index (κ1) is 18.1. The van der Waals surface area contributed by atoms with Crippen LogP contribution in [0, 0.1) is 0 Å². The number of benzene rings is 2. The van der Waals surface area contributed by atoms with Crippen LogP contribution in [-0.2, 0) is 4.74 Å². The molecule has 27 heavy (non-hydrogen) atoms. The molecule has 0 aliphatic carbocycles.